The molecule has 0 bridgehead atoms. The Balaban J connectivity index is 2.36. The summed E-state index contributed by atoms with van der Waals surface area (Å²) in [6.07, 6.45) is 3.67. The fourth-order valence-electron chi connectivity index (χ4n) is 1.20. The van der Waals surface area contributed by atoms with Crippen LogP contribution in [0.25, 0.3) is 0 Å². The molecule has 0 aliphatic rings. The summed E-state index contributed by atoms with van der Waals surface area (Å²) in [6.45, 7) is 5.77. The molecule has 0 amide bonds. The highest BCUT2D eigenvalue weighted by Crippen LogP contribution is 2.10. The first kappa shape index (κ1) is 12.0. The van der Waals surface area contributed by atoms with Crippen LogP contribution in [0.2, 0.25) is 0 Å². The van der Waals surface area contributed by atoms with E-state index < -0.39 is 0 Å². The molecule has 2 N–H and O–H groups in total. The molecular formula is C12H20N2O. The zero-order valence-corrected chi connectivity index (χ0v) is 9.57. The predicted octanol–water partition coefficient (Wildman–Crippen LogP) is 2.01. The Morgan fingerprint density at radius 3 is 2.73 bits per heavy atom. The molecule has 1 rings (SSSR count). The van der Waals surface area contributed by atoms with Crippen LogP contribution in [0.5, 0.6) is 5.75 Å². The second-order valence-corrected chi connectivity index (χ2v) is 4.05. The lowest BCUT2D eigenvalue weighted by molar-refractivity contribution is 0.288. The Kier molecular flexibility index (Phi) is 5.12. The molecule has 1 heterocycles. The summed E-state index contributed by atoms with van der Waals surface area (Å²) < 4.78 is 5.56. The van der Waals surface area contributed by atoms with Gasteiger partial charge >= 0.3 is 0 Å². The molecule has 0 fully saturated rings. The minimum Gasteiger partial charge on any atom is -0.492 e. The molecule has 0 saturated heterocycles. The Morgan fingerprint density at radius 1 is 1.40 bits per heavy atom. The minimum absolute atomic E-state index is 0.639. The summed E-state index contributed by atoms with van der Waals surface area (Å²) in [4.78, 5) is 4.26. The molecular weight excluding hydrogens is 188 g/mol. The first-order chi connectivity index (χ1) is 7.22. The van der Waals surface area contributed by atoms with Gasteiger partial charge in [-0.25, -0.2) is 0 Å². The number of hydrogen-bond donors (Lipinski definition) is 1. The highest BCUT2D eigenvalue weighted by atomic mass is 16.5. The zero-order chi connectivity index (χ0) is 11.1. The normalized spacial score (nSPS) is 10.7. The molecule has 3 nitrogen and oxygen atoms in total. The molecule has 3 heteroatoms. The van der Waals surface area contributed by atoms with Crippen molar-refractivity contribution in [3.63, 3.8) is 0 Å². The maximum atomic E-state index is 5.56. The fourth-order valence-corrected chi connectivity index (χ4v) is 1.20. The molecule has 1 aromatic rings. The molecule has 1 aromatic heterocycles. The van der Waals surface area contributed by atoms with E-state index >= 15 is 0 Å². The van der Waals surface area contributed by atoms with E-state index in [-0.39, 0.29) is 0 Å². The van der Waals surface area contributed by atoms with Crippen molar-refractivity contribution < 1.29 is 4.74 Å². The quantitative estimate of drug-likeness (QED) is 0.778. The van der Waals surface area contributed by atoms with Crippen LogP contribution in [0.15, 0.2) is 18.3 Å². The van der Waals surface area contributed by atoms with E-state index in [9.17, 15) is 0 Å². The molecule has 0 saturated carbocycles. The number of rotatable bonds is 6. The molecule has 84 valence electrons. The second-order valence-electron chi connectivity index (χ2n) is 4.05. The summed E-state index contributed by atoms with van der Waals surface area (Å²) in [5.74, 6) is 1.52. The molecule has 0 atom stereocenters. The third-order valence-electron chi connectivity index (χ3n) is 2.16. The lowest BCUT2D eigenvalue weighted by atomic mass is 10.1. The molecule has 15 heavy (non-hydrogen) atoms. The van der Waals surface area contributed by atoms with Crippen LogP contribution in [-0.2, 0) is 6.42 Å². The van der Waals surface area contributed by atoms with E-state index in [0.717, 1.165) is 30.9 Å². The topological polar surface area (TPSA) is 48.1 Å². The monoisotopic (exact) mass is 208 g/mol. The average Bonchev–Trinajstić information content (AvgIpc) is 2.20. The van der Waals surface area contributed by atoms with Crippen molar-refractivity contribution in [2.24, 2.45) is 11.7 Å². The maximum Gasteiger partial charge on any atom is 0.137 e. The zero-order valence-electron chi connectivity index (χ0n) is 9.57. The van der Waals surface area contributed by atoms with E-state index in [1.807, 2.05) is 12.1 Å². The largest absolute Gasteiger partial charge is 0.492 e. The van der Waals surface area contributed by atoms with E-state index in [0.29, 0.717) is 12.5 Å². The van der Waals surface area contributed by atoms with Crippen molar-refractivity contribution in [3.8, 4) is 5.75 Å². The molecule has 0 unspecified atom stereocenters. The third-order valence-corrected chi connectivity index (χ3v) is 2.16. The molecule has 0 aliphatic heterocycles. The second kappa shape index (κ2) is 6.40. The van der Waals surface area contributed by atoms with Crippen LogP contribution < -0.4 is 10.5 Å². The Hall–Kier alpha value is -1.09. The maximum absolute atomic E-state index is 5.56. The first-order valence-electron chi connectivity index (χ1n) is 5.50. The molecule has 0 spiro atoms. The van der Waals surface area contributed by atoms with Gasteiger partial charge in [-0.2, -0.15) is 0 Å². The number of aromatic nitrogens is 1. The lowest BCUT2D eigenvalue weighted by Gasteiger charge is -2.07. The minimum atomic E-state index is 0.639. The summed E-state index contributed by atoms with van der Waals surface area (Å²) in [6, 6.07) is 3.93. The number of nitrogens with two attached hydrogens (primary N) is 1. The SMILES string of the molecule is CC(C)CCOc1ccc(CCN)nc1. The highest BCUT2D eigenvalue weighted by molar-refractivity contribution is 5.19. The van der Waals surface area contributed by atoms with Gasteiger partial charge in [-0.05, 0) is 31.0 Å². The third kappa shape index (κ3) is 4.79. The predicted molar refractivity (Wildman–Crippen MR) is 61.9 cm³/mol. The average molecular weight is 208 g/mol. The Bertz CT molecular complexity index is 269. The van der Waals surface area contributed by atoms with Crippen LogP contribution in [0.3, 0.4) is 0 Å². The van der Waals surface area contributed by atoms with Crippen LogP contribution in [0, 0.1) is 5.92 Å². The van der Waals surface area contributed by atoms with Crippen molar-refractivity contribution in [1.82, 2.24) is 4.98 Å². The van der Waals surface area contributed by atoms with Gasteiger partial charge in [0.2, 0.25) is 0 Å². The van der Waals surface area contributed by atoms with Crippen LogP contribution in [0.1, 0.15) is 26.0 Å². The fraction of sp³-hybridized carbons (Fsp3) is 0.583. The van der Waals surface area contributed by atoms with Gasteiger partial charge in [0.05, 0.1) is 12.8 Å². The van der Waals surface area contributed by atoms with E-state index in [2.05, 4.69) is 18.8 Å². The standard InChI is InChI=1S/C12H20N2O/c1-10(2)6-8-15-12-4-3-11(5-7-13)14-9-12/h3-4,9-10H,5-8,13H2,1-2H3. The van der Waals surface area contributed by atoms with Crippen molar-refractivity contribution in [2.45, 2.75) is 26.7 Å². The van der Waals surface area contributed by atoms with Crippen molar-refractivity contribution in [1.29, 1.82) is 0 Å². The number of nitrogens with zero attached hydrogens (tertiary/aromatic N) is 1. The molecule has 0 aromatic carbocycles. The van der Waals surface area contributed by atoms with Gasteiger partial charge in [0.15, 0.2) is 0 Å². The number of ether oxygens (including phenoxy) is 1. The smallest absolute Gasteiger partial charge is 0.137 e. The summed E-state index contributed by atoms with van der Waals surface area (Å²) in [5, 5.41) is 0. The first-order valence-corrected chi connectivity index (χ1v) is 5.50. The molecule has 0 aliphatic carbocycles. The lowest BCUT2D eigenvalue weighted by Crippen LogP contribution is -2.05. The van der Waals surface area contributed by atoms with Gasteiger partial charge in [-0.3, -0.25) is 4.98 Å². The number of hydrogen-bond acceptors (Lipinski definition) is 3. The van der Waals surface area contributed by atoms with E-state index in [4.69, 9.17) is 10.5 Å². The van der Waals surface area contributed by atoms with E-state index in [1.54, 1.807) is 6.20 Å². The van der Waals surface area contributed by atoms with Crippen molar-refractivity contribution in [2.75, 3.05) is 13.2 Å². The number of pyridine rings is 1. The van der Waals surface area contributed by atoms with Gasteiger partial charge in [0.25, 0.3) is 0 Å². The Labute approximate surface area is 91.7 Å². The Morgan fingerprint density at radius 2 is 2.20 bits per heavy atom. The van der Waals surface area contributed by atoms with Crippen LogP contribution >= 0.6 is 0 Å². The summed E-state index contributed by atoms with van der Waals surface area (Å²) >= 11 is 0. The van der Waals surface area contributed by atoms with Crippen molar-refractivity contribution in [3.05, 3.63) is 24.0 Å². The van der Waals surface area contributed by atoms with Gasteiger partial charge < -0.3 is 10.5 Å². The summed E-state index contributed by atoms with van der Waals surface area (Å²) in [7, 11) is 0. The van der Waals surface area contributed by atoms with Crippen molar-refractivity contribution >= 4 is 0 Å². The summed E-state index contributed by atoms with van der Waals surface area (Å²) in [5.41, 5.74) is 6.46. The van der Waals surface area contributed by atoms with Gasteiger partial charge in [-0.15, -0.1) is 0 Å². The van der Waals surface area contributed by atoms with E-state index in [1.165, 1.54) is 0 Å². The molecule has 0 radical (unpaired) electrons. The highest BCUT2D eigenvalue weighted by Gasteiger charge is 1.98. The van der Waals surface area contributed by atoms with Gasteiger partial charge in [0, 0.05) is 12.1 Å². The van der Waals surface area contributed by atoms with Gasteiger partial charge in [-0.1, -0.05) is 13.8 Å². The van der Waals surface area contributed by atoms with Crippen LogP contribution in [0.4, 0.5) is 0 Å². The van der Waals surface area contributed by atoms with Crippen LogP contribution in [-0.4, -0.2) is 18.1 Å². The van der Waals surface area contributed by atoms with Gasteiger partial charge in [0.1, 0.15) is 5.75 Å².